The van der Waals surface area contributed by atoms with E-state index in [0.29, 0.717) is 0 Å². The fourth-order valence-corrected chi connectivity index (χ4v) is 4.39. The van der Waals surface area contributed by atoms with Gasteiger partial charge in [0.25, 0.3) is 5.56 Å². The molecule has 0 amide bonds. The fourth-order valence-electron chi connectivity index (χ4n) is 3.65. The van der Waals surface area contributed by atoms with Crippen LogP contribution in [0.1, 0.15) is 24.1 Å². The minimum Gasteiger partial charge on any atom is -0.330 e. The Morgan fingerprint density at radius 3 is 2.79 bits per heavy atom. The molecule has 0 spiro atoms. The Labute approximate surface area is 145 Å². The van der Waals surface area contributed by atoms with E-state index in [0.717, 1.165) is 23.1 Å². The number of nitrogens with zero attached hydrogens (tertiary/aromatic N) is 2. The fraction of sp³-hybridized carbons (Fsp3) is 0.368. The molecule has 1 aliphatic heterocycles. The lowest BCUT2D eigenvalue weighted by Crippen LogP contribution is -3.11. The molecule has 0 saturated carbocycles. The zero-order valence-electron chi connectivity index (χ0n) is 13.6. The number of quaternary nitrogens is 1. The van der Waals surface area contributed by atoms with Gasteiger partial charge >= 0.3 is 0 Å². The molecule has 1 aliphatic rings. The molecule has 1 fully saturated rings. The van der Waals surface area contributed by atoms with E-state index < -0.39 is 0 Å². The number of fused-ring (bicyclic) bond motifs is 1. The van der Waals surface area contributed by atoms with Gasteiger partial charge in [0.2, 0.25) is 0 Å². The van der Waals surface area contributed by atoms with Crippen LogP contribution in [0.4, 0.5) is 0 Å². The van der Waals surface area contributed by atoms with Crippen LogP contribution in [0.25, 0.3) is 4.96 Å². The summed E-state index contributed by atoms with van der Waals surface area (Å²) in [6, 6.07) is 12.5. The van der Waals surface area contributed by atoms with Crippen LogP contribution in [0.15, 0.2) is 52.8 Å². The first-order valence-electron chi connectivity index (χ1n) is 8.61. The van der Waals surface area contributed by atoms with Gasteiger partial charge in [0.15, 0.2) is 4.96 Å². The van der Waals surface area contributed by atoms with Crippen molar-refractivity contribution in [3.63, 3.8) is 0 Å². The van der Waals surface area contributed by atoms with Gasteiger partial charge in [0, 0.05) is 17.6 Å². The van der Waals surface area contributed by atoms with Crippen LogP contribution >= 0.6 is 11.3 Å². The van der Waals surface area contributed by atoms with E-state index in [1.165, 1.54) is 49.3 Å². The third-order valence-electron chi connectivity index (χ3n) is 4.97. The van der Waals surface area contributed by atoms with Gasteiger partial charge in [-0.05, 0) is 30.7 Å². The first-order valence-corrected chi connectivity index (χ1v) is 9.49. The van der Waals surface area contributed by atoms with E-state index in [2.05, 4.69) is 35.3 Å². The molecular weight excluding hydrogens is 318 g/mol. The molecule has 1 saturated heterocycles. The predicted octanol–water partition coefficient (Wildman–Crippen LogP) is 1.79. The number of aromatic nitrogens is 2. The molecule has 4 rings (SSSR count). The molecule has 5 heteroatoms. The number of rotatable bonds is 4. The maximum atomic E-state index is 12.1. The van der Waals surface area contributed by atoms with Gasteiger partial charge in [-0.15, -0.1) is 11.3 Å². The van der Waals surface area contributed by atoms with E-state index in [1.54, 1.807) is 21.6 Å². The van der Waals surface area contributed by atoms with Crippen molar-refractivity contribution in [2.75, 3.05) is 13.1 Å². The van der Waals surface area contributed by atoms with Crippen LogP contribution in [-0.4, -0.2) is 22.5 Å². The smallest absolute Gasteiger partial charge is 0.258 e. The minimum atomic E-state index is 0.0367. The van der Waals surface area contributed by atoms with Gasteiger partial charge in [-0.1, -0.05) is 30.3 Å². The molecule has 0 radical (unpaired) electrons. The SMILES string of the molecule is O=c1cc(C[NH+]2CCC(Cc3ccccc3)CC2)nc2sccn12. The van der Waals surface area contributed by atoms with Crippen LogP contribution in [0.3, 0.4) is 0 Å². The predicted molar refractivity (Wildman–Crippen MR) is 96.6 cm³/mol. The molecule has 2 aromatic heterocycles. The molecule has 24 heavy (non-hydrogen) atoms. The van der Waals surface area contributed by atoms with Gasteiger partial charge in [-0.2, -0.15) is 0 Å². The second-order valence-corrected chi connectivity index (χ2v) is 7.57. The zero-order chi connectivity index (χ0) is 16.4. The zero-order valence-corrected chi connectivity index (χ0v) is 14.5. The van der Waals surface area contributed by atoms with Gasteiger partial charge < -0.3 is 4.90 Å². The van der Waals surface area contributed by atoms with E-state index in [4.69, 9.17) is 0 Å². The molecule has 124 valence electrons. The highest BCUT2D eigenvalue weighted by molar-refractivity contribution is 7.15. The van der Waals surface area contributed by atoms with E-state index >= 15 is 0 Å². The van der Waals surface area contributed by atoms with Crippen LogP contribution in [0, 0.1) is 5.92 Å². The maximum absolute atomic E-state index is 12.1. The standard InChI is InChI=1S/C19H21N3OS/c23-18-13-17(20-19-22(18)10-11-24-19)14-21-8-6-16(7-9-21)12-15-4-2-1-3-5-15/h1-5,10-11,13,16H,6-9,12,14H2/p+1. The molecule has 0 aliphatic carbocycles. The van der Waals surface area contributed by atoms with Crippen molar-refractivity contribution in [3.8, 4) is 0 Å². The highest BCUT2D eigenvalue weighted by Crippen LogP contribution is 2.16. The van der Waals surface area contributed by atoms with Crippen molar-refractivity contribution >= 4 is 16.3 Å². The Morgan fingerprint density at radius 1 is 1.21 bits per heavy atom. The summed E-state index contributed by atoms with van der Waals surface area (Å²) < 4.78 is 1.62. The van der Waals surface area contributed by atoms with E-state index in [-0.39, 0.29) is 5.56 Å². The number of nitrogens with one attached hydrogen (secondary N) is 1. The Morgan fingerprint density at radius 2 is 2.00 bits per heavy atom. The monoisotopic (exact) mass is 340 g/mol. The summed E-state index contributed by atoms with van der Waals surface area (Å²) in [7, 11) is 0. The van der Waals surface area contributed by atoms with E-state index in [9.17, 15) is 4.79 Å². The van der Waals surface area contributed by atoms with Crippen molar-refractivity contribution < 1.29 is 4.90 Å². The topological polar surface area (TPSA) is 38.8 Å². The molecule has 3 heterocycles. The van der Waals surface area contributed by atoms with Crippen molar-refractivity contribution in [1.29, 1.82) is 0 Å². The summed E-state index contributed by atoms with van der Waals surface area (Å²) in [5.41, 5.74) is 2.41. The molecule has 0 unspecified atom stereocenters. The first-order chi connectivity index (χ1) is 11.8. The van der Waals surface area contributed by atoms with Crippen LogP contribution in [-0.2, 0) is 13.0 Å². The second-order valence-electron chi connectivity index (χ2n) is 6.70. The molecule has 4 nitrogen and oxygen atoms in total. The van der Waals surface area contributed by atoms with Gasteiger partial charge in [0.05, 0.1) is 13.1 Å². The summed E-state index contributed by atoms with van der Waals surface area (Å²) in [6.45, 7) is 3.20. The van der Waals surface area contributed by atoms with Gasteiger partial charge in [-0.3, -0.25) is 9.20 Å². The van der Waals surface area contributed by atoms with Crippen LogP contribution in [0.2, 0.25) is 0 Å². The van der Waals surface area contributed by atoms with Crippen molar-refractivity contribution in [2.45, 2.75) is 25.8 Å². The Hall–Kier alpha value is -1.98. The summed E-state index contributed by atoms with van der Waals surface area (Å²) in [5, 5.41) is 1.91. The van der Waals surface area contributed by atoms with Gasteiger partial charge in [-0.25, -0.2) is 4.98 Å². The van der Waals surface area contributed by atoms with Gasteiger partial charge in [0.1, 0.15) is 12.2 Å². The molecule has 1 aromatic carbocycles. The third kappa shape index (κ3) is 3.42. The Balaban J connectivity index is 1.36. The van der Waals surface area contributed by atoms with Crippen molar-refractivity contribution in [3.05, 3.63) is 69.6 Å². The average molecular weight is 340 g/mol. The summed E-state index contributed by atoms with van der Waals surface area (Å²) in [5.74, 6) is 0.787. The number of thiazole rings is 1. The van der Waals surface area contributed by atoms with Crippen LogP contribution in [0.5, 0.6) is 0 Å². The van der Waals surface area contributed by atoms with Crippen LogP contribution < -0.4 is 10.5 Å². The van der Waals surface area contributed by atoms with Crippen molar-refractivity contribution in [2.24, 2.45) is 5.92 Å². The highest BCUT2D eigenvalue weighted by Gasteiger charge is 2.23. The number of benzene rings is 1. The number of hydrogen-bond acceptors (Lipinski definition) is 3. The lowest BCUT2D eigenvalue weighted by Gasteiger charge is -2.29. The maximum Gasteiger partial charge on any atom is 0.258 e. The number of hydrogen-bond donors (Lipinski definition) is 1. The third-order valence-corrected chi connectivity index (χ3v) is 5.72. The minimum absolute atomic E-state index is 0.0367. The normalized spacial score (nSPS) is 21.2. The summed E-state index contributed by atoms with van der Waals surface area (Å²) >= 11 is 1.52. The number of piperidine rings is 1. The lowest BCUT2D eigenvalue weighted by molar-refractivity contribution is -0.920. The summed E-state index contributed by atoms with van der Waals surface area (Å²) in [6.07, 6.45) is 5.49. The number of likely N-dealkylation sites (tertiary alicyclic amines) is 1. The molecule has 0 bridgehead atoms. The highest BCUT2D eigenvalue weighted by atomic mass is 32.1. The van der Waals surface area contributed by atoms with E-state index in [1.807, 2.05) is 5.38 Å². The quantitative estimate of drug-likeness (QED) is 0.786. The molecule has 0 atom stereocenters. The first kappa shape index (κ1) is 15.5. The average Bonchev–Trinajstić information content (AvgIpc) is 3.07. The molecule has 1 N–H and O–H groups in total. The second kappa shape index (κ2) is 6.87. The summed E-state index contributed by atoms with van der Waals surface area (Å²) in [4.78, 5) is 19.1. The largest absolute Gasteiger partial charge is 0.330 e. The Kier molecular flexibility index (Phi) is 4.45. The molecule has 3 aromatic rings. The molecular formula is C19H22N3OS+. The van der Waals surface area contributed by atoms with Crippen molar-refractivity contribution in [1.82, 2.24) is 9.38 Å². The Bertz CT molecular complexity index is 863. The lowest BCUT2D eigenvalue weighted by atomic mass is 9.90.